The highest BCUT2D eigenvalue weighted by atomic mass is 35.5. The number of halogens is 1. The number of carbonyl (C=O) groups excluding carboxylic acids is 1. The number of aromatic nitrogens is 1. The average molecular weight is 411 g/mol. The second-order valence-corrected chi connectivity index (χ2v) is 9.30. The van der Waals surface area contributed by atoms with Gasteiger partial charge in [-0.2, -0.15) is 0 Å². The van der Waals surface area contributed by atoms with Gasteiger partial charge in [0.2, 0.25) is 0 Å². The standard InChI is InChI=1S/C24H27ClN2O2/c1-24(2,3)29-23(28)27-13-10-16(11-14-27)21-20-9-8-19(25)15-18(20)7-6-17-5-4-12-26-22(17)21/h4-9,12,15-16,21H,10-11,13-14H2,1-3H3. The van der Waals surface area contributed by atoms with E-state index < -0.39 is 5.60 Å². The molecule has 1 saturated heterocycles. The van der Waals surface area contributed by atoms with Crippen LogP contribution in [0.5, 0.6) is 0 Å². The van der Waals surface area contributed by atoms with Crippen LogP contribution in [-0.2, 0) is 4.74 Å². The highest BCUT2D eigenvalue weighted by Crippen LogP contribution is 2.42. The quantitative estimate of drug-likeness (QED) is 0.579. The highest BCUT2D eigenvalue weighted by molar-refractivity contribution is 6.30. The summed E-state index contributed by atoms with van der Waals surface area (Å²) in [5, 5.41) is 0.741. The molecule has 4 nitrogen and oxygen atoms in total. The predicted octanol–water partition coefficient (Wildman–Crippen LogP) is 6.00. The van der Waals surface area contributed by atoms with E-state index >= 15 is 0 Å². The molecule has 1 aliphatic heterocycles. The molecule has 1 aromatic heterocycles. The monoisotopic (exact) mass is 410 g/mol. The number of hydrogen-bond donors (Lipinski definition) is 0. The molecule has 5 heteroatoms. The molecule has 1 unspecified atom stereocenters. The fourth-order valence-corrected chi connectivity index (χ4v) is 4.53. The number of carbonyl (C=O) groups is 1. The Bertz CT molecular complexity index is 940. The van der Waals surface area contributed by atoms with Crippen molar-refractivity contribution in [2.45, 2.75) is 45.1 Å². The van der Waals surface area contributed by atoms with Crippen molar-refractivity contribution in [3.63, 3.8) is 0 Å². The molecule has 1 aliphatic carbocycles. The molecule has 2 aromatic rings. The SMILES string of the molecule is CC(C)(C)OC(=O)N1CCC(C2c3ccc(Cl)cc3C=Cc3cccnc32)CC1. The Morgan fingerprint density at radius 2 is 1.86 bits per heavy atom. The Hall–Kier alpha value is -2.33. The van der Waals surface area contributed by atoms with E-state index in [1.807, 2.05) is 50.1 Å². The van der Waals surface area contributed by atoms with E-state index in [4.69, 9.17) is 21.3 Å². The molecular weight excluding hydrogens is 384 g/mol. The maximum atomic E-state index is 12.5. The van der Waals surface area contributed by atoms with Gasteiger partial charge in [-0.3, -0.25) is 4.98 Å². The van der Waals surface area contributed by atoms with Crippen LogP contribution in [0.1, 0.15) is 61.9 Å². The van der Waals surface area contributed by atoms with Crippen LogP contribution in [-0.4, -0.2) is 34.7 Å². The van der Waals surface area contributed by atoms with Gasteiger partial charge in [0.25, 0.3) is 0 Å². The van der Waals surface area contributed by atoms with E-state index in [0.29, 0.717) is 19.0 Å². The number of fused-ring (bicyclic) bond motifs is 2. The van der Waals surface area contributed by atoms with Crippen LogP contribution >= 0.6 is 11.6 Å². The van der Waals surface area contributed by atoms with Crippen LogP contribution < -0.4 is 0 Å². The minimum atomic E-state index is -0.470. The number of hydrogen-bond acceptors (Lipinski definition) is 3. The van der Waals surface area contributed by atoms with Gasteiger partial charge in [0, 0.05) is 30.2 Å². The van der Waals surface area contributed by atoms with Gasteiger partial charge in [-0.15, -0.1) is 0 Å². The smallest absolute Gasteiger partial charge is 0.410 e. The number of rotatable bonds is 1. The number of likely N-dealkylation sites (tertiary alicyclic amines) is 1. The van der Waals surface area contributed by atoms with Crippen molar-refractivity contribution in [2.24, 2.45) is 5.92 Å². The molecule has 4 rings (SSSR count). The number of nitrogens with zero attached hydrogens (tertiary/aromatic N) is 2. The van der Waals surface area contributed by atoms with Gasteiger partial charge in [0.05, 0.1) is 5.69 Å². The third-order valence-electron chi connectivity index (χ3n) is 5.65. The number of ether oxygens (including phenoxy) is 1. The van der Waals surface area contributed by atoms with E-state index in [1.54, 1.807) is 0 Å². The second-order valence-electron chi connectivity index (χ2n) is 8.87. The maximum absolute atomic E-state index is 12.5. The number of benzene rings is 1. The minimum Gasteiger partial charge on any atom is -0.444 e. The summed E-state index contributed by atoms with van der Waals surface area (Å²) in [5.74, 6) is 0.594. The topological polar surface area (TPSA) is 42.4 Å². The van der Waals surface area contributed by atoms with Gasteiger partial charge in [-0.1, -0.05) is 35.9 Å². The Morgan fingerprint density at radius 3 is 2.59 bits per heavy atom. The van der Waals surface area contributed by atoms with Crippen molar-refractivity contribution in [3.8, 4) is 0 Å². The van der Waals surface area contributed by atoms with Gasteiger partial charge in [0.1, 0.15) is 5.60 Å². The average Bonchev–Trinajstić information content (AvgIpc) is 2.83. The van der Waals surface area contributed by atoms with Crippen LogP contribution in [0.2, 0.25) is 5.02 Å². The lowest BCUT2D eigenvalue weighted by molar-refractivity contribution is 0.0178. The number of pyridine rings is 1. The molecule has 1 aromatic carbocycles. The normalized spacial score (nSPS) is 19.3. The molecule has 0 bridgehead atoms. The number of piperidine rings is 1. The summed E-state index contributed by atoms with van der Waals surface area (Å²) < 4.78 is 5.55. The molecule has 1 fully saturated rings. The minimum absolute atomic E-state index is 0.189. The number of amides is 1. The van der Waals surface area contributed by atoms with E-state index in [-0.39, 0.29) is 12.0 Å². The molecule has 2 aliphatic rings. The molecule has 1 amide bonds. The molecule has 0 radical (unpaired) electrons. The summed E-state index contributed by atoms with van der Waals surface area (Å²) in [7, 11) is 0. The van der Waals surface area contributed by atoms with Crippen LogP contribution in [0.25, 0.3) is 12.2 Å². The van der Waals surface area contributed by atoms with E-state index in [9.17, 15) is 4.79 Å². The lowest BCUT2D eigenvalue weighted by atomic mass is 9.76. The molecule has 29 heavy (non-hydrogen) atoms. The molecule has 0 N–H and O–H groups in total. The largest absolute Gasteiger partial charge is 0.444 e. The Morgan fingerprint density at radius 1 is 1.14 bits per heavy atom. The fourth-order valence-electron chi connectivity index (χ4n) is 4.35. The van der Waals surface area contributed by atoms with Crippen LogP contribution in [0.15, 0.2) is 36.5 Å². The summed E-state index contributed by atoms with van der Waals surface area (Å²) in [6.07, 6.45) is 7.76. The van der Waals surface area contributed by atoms with Gasteiger partial charge in [0.15, 0.2) is 0 Å². The Balaban J connectivity index is 1.61. The molecular formula is C24H27ClN2O2. The fraction of sp³-hybridized carbons (Fsp3) is 0.417. The first-order valence-electron chi connectivity index (χ1n) is 10.2. The van der Waals surface area contributed by atoms with E-state index in [2.05, 4.69) is 24.3 Å². The first-order valence-corrected chi connectivity index (χ1v) is 10.6. The summed E-state index contributed by atoms with van der Waals surface area (Å²) in [4.78, 5) is 19.1. The predicted molar refractivity (Wildman–Crippen MR) is 117 cm³/mol. The molecule has 2 heterocycles. The maximum Gasteiger partial charge on any atom is 0.410 e. The lowest BCUT2D eigenvalue weighted by Crippen LogP contribution is -2.42. The van der Waals surface area contributed by atoms with Crippen molar-refractivity contribution in [1.29, 1.82) is 0 Å². The Labute approximate surface area is 177 Å². The van der Waals surface area contributed by atoms with Gasteiger partial charge in [-0.25, -0.2) is 4.79 Å². The van der Waals surface area contributed by atoms with E-state index in [1.165, 1.54) is 5.56 Å². The molecule has 152 valence electrons. The summed E-state index contributed by atoms with van der Waals surface area (Å²) in [5.41, 5.74) is 4.20. The van der Waals surface area contributed by atoms with Crippen molar-refractivity contribution in [1.82, 2.24) is 9.88 Å². The zero-order valence-corrected chi connectivity index (χ0v) is 17.9. The zero-order valence-electron chi connectivity index (χ0n) is 17.2. The van der Waals surface area contributed by atoms with Crippen LogP contribution in [0.3, 0.4) is 0 Å². The van der Waals surface area contributed by atoms with Gasteiger partial charge >= 0.3 is 6.09 Å². The van der Waals surface area contributed by atoms with Crippen molar-refractivity contribution < 1.29 is 9.53 Å². The first-order chi connectivity index (χ1) is 13.8. The first kappa shape index (κ1) is 20.0. The highest BCUT2D eigenvalue weighted by Gasteiger charge is 2.35. The Kier molecular flexibility index (Phi) is 5.39. The van der Waals surface area contributed by atoms with Crippen molar-refractivity contribution >= 4 is 29.8 Å². The lowest BCUT2D eigenvalue weighted by Gasteiger charge is -2.37. The third-order valence-corrected chi connectivity index (χ3v) is 5.89. The van der Waals surface area contributed by atoms with Crippen LogP contribution in [0.4, 0.5) is 4.79 Å². The second kappa shape index (κ2) is 7.83. The summed E-state index contributed by atoms with van der Waals surface area (Å²) >= 11 is 6.27. The molecule has 0 spiro atoms. The zero-order chi connectivity index (χ0) is 20.6. The van der Waals surface area contributed by atoms with E-state index in [0.717, 1.165) is 34.7 Å². The van der Waals surface area contributed by atoms with Gasteiger partial charge < -0.3 is 9.64 Å². The van der Waals surface area contributed by atoms with Crippen LogP contribution in [0, 0.1) is 5.92 Å². The van der Waals surface area contributed by atoms with Gasteiger partial charge in [-0.05, 0) is 74.4 Å². The summed E-state index contributed by atoms with van der Waals surface area (Å²) in [6, 6.07) is 10.2. The van der Waals surface area contributed by atoms with Crippen molar-refractivity contribution in [3.05, 3.63) is 63.9 Å². The van der Waals surface area contributed by atoms with Crippen molar-refractivity contribution in [2.75, 3.05) is 13.1 Å². The molecule has 1 atom stereocenters. The third kappa shape index (κ3) is 4.32. The molecule has 0 saturated carbocycles. The summed E-state index contributed by atoms with van der Waals surface area (Å²) in [6.45, 7) is 7.12.